The SMILES string of the molecule is Cc1cncc(Nc2sc(C)nc2OC(=O)Nc2ccnc(C)c2)c1. The van der Waals surface area contributed by atoms with Gasteiger partial charge in [0.2, 0.25) is 0 Å². The number of hydrogen-bond donors (Lipinski definition) is 2. The Labute approximate surface area is 149 Å². The van der Waals surface area contributed by atoms with Crippen LogP contribution in [0.1, 0.15) is 16.3 Å². The molecule has 25 heavy (non-hydrogen) atoms. The summed E-state index contributed by atoms with van der Waals surface area (Å²) in [6, 6.07) is 5.40. The van der Waals surface area contributed by atoms with E-state index in [0.717, 1.165) is 22.0 Å². The number of aromatic nitrogens is 3. The molecule has 0 atom stereocenters. The normalized spacial score (nSPS) is 10.4. The van der Waals surface area contributed by atoms with Gasteiger partial charge in [0.15, 0.2) is 5.00 Å². The van der Waals surface area contributed by atoms with E-state index in [1.54, 1.807) is 30.7 Å². The third kappa shape index (κ3) is 4.51. The Morgan fingerprint density at radius 1 is 1.16 bits per heavy atom. The summed E-state index contributed by atoms with van der Waals surface area (Å²) in [7, 11) is 0. The molecular formula is C17H17N5O2S. The van der Waals surface area contributed by atoms with Crippen molar-refractivity contribution < 1.29 is 9.53 Å². The Balaban J connectivity index is 1.73. The van der Waals surface area contributed by atoms with E-state index in [-0.39, 0.29) is 5.88 Å². The molecule has 0 bridgehead atoms. The second-order valence-electron chi connectivity index (χ2n) is 5.44. The Hall–Kier alpha value is -3.00. The van der Waals surface area contributed by atoms with Crippen LogP contribution in [0.25, 0.3) is 0 Å². The van der Waals surface area contributed by atoms with E-state index in [2.05, 4.69) is 25.6 Å². The Morgan fingerprint density at radius 3 is 2.76 bits per heavy atom. The second kappa shape index (κ2) is 7.27. The molecule has 0 unspecified atom stereocenters. The largest absolute Gasteiger partial charge is 0.418 e. The molecule has 8 heteroatoms. The quantitative estimate of drug-likeness (QED) is 0.728. The van der Waals surface area contributed by atoms with Crippen LogP contribution in [-0.2, 0) is 0 Å². The summed E-state index contributed by atoms with van der Waals surface area (Å²) in [5, 5.41) is 7.28. The molecular weight excluding hydrogens is 338 g/mol. The van der Waals surface area contributed by atoms with Gasteiger partial charge >= 0.3 is 6.09 Å². The molecule has 7 nitrogen and oxygen atoms in total. The van der Waals surface area contributed by atoms with Crippen molar-refractivity contribution in [2.24, 2.45) is 0 Å². The summed E-state index contributed by atoms with van der Waals surface area (Å²) in [4.78, 5) is 24.6. The summed E-state index contributed by atoms with van der Waals surface area (Å²) < 4.78 is 5.36. The number of nitrogens with zero attached hydrogens (tertiary/aromatic N) is 3. The molecule has 3 heterocycles. The molecule has 3 rings (SSSR count). The molecule has 0 aliphatic rings. The average Bonchev–Trinajstić information content (AvgIpc) is 2.86. The molecule has 1 amide bonds. The summed E-state index contributed by atoms with van der Waals surface area (Å²) in [6.45, 7) is 5.65. The van der Waals surface area contributed by atoms with Gasteiger partial charge in [0.1, 0.15) is 0 Å². The molecule has 0 aliphatic carbocycles. The van der Waals surface area contributed by atoms with Crippen molar-refractivity contribution in [2.75, 3.05) is 10.6 Å². The smallest absolute Gasteiger partial charge is 0.388 e. The third-order valence-electron chi connectivity index (χ3n) is 3.17. The lowest BCUT2D eigenvalue weighted by molar-refractivity contribution is 0.214. The van der Waals surface area contributed by atoms with Gasteiger partial charge in [-0.2, -0.15) is 0 Å². The highest BCUT2D eigenvalue weighted by molar-refractivity contribution is 7.16. The van der Waals surface area contributed by atoms with Gasteiger partial charge in [0.25, 0.3) is 5.88 Å². The van der Waals surface area contributed by atoms with Crippen molar-refractivity contribution in [1.29, 1.82) is 0 Å². The zero-order valence-corrected chi connectivity index (χ0v) is 14.8. The number of rotatable bonds is 4. The van der Waals surface area contributed by atoms with Gasteiger partial charge in [-0.1, -0.05) is 11.3 Å². The van der Waals surface area contributed by atoms with Crippen LogP contribution in [0, 0.1) is 20.8 Å². The highest BCUT2D eigenvalue weighted by Gasteiger charge is 2.15. The van der Waals surface area contributed by atoms with Crippen LogP contribution >= 0.6 is 11.3 Å². The van der Waals surface area contributed by atoms with Crippen molar-refractivity contribution >= 4 is 33.8 Å². The summed E-state index contributed by atoms with van der Waals surface area (Å²) in [6.07, 6.45) is 4.48. The van der Waals surface area contributed by atoms with E-state index >= 15 is 0 Å². The van der Waals surface area contributed by atoms with E-state index in [1.165, 1.54) is 11.3 Å². The van der Waals surface area contributed by atoms with Gasteiger partial charge in [-0.25, -0.2) is 9.78 Å². The topological polar surface area (TPSA) is 89.0 Å². The second-order valence-corrected chi connectivity index (χ2v) is 6.65. The maximum absolute atomic E-state index is 12.1. The first-order chi connectivity index (χ1) is 12.0. The molecule has 0 radical (unpaired) electrons. The maximum atomic E-state index is 12.1. The lowest BCUT2D eigenvalue weighted by atomic mass is 10.3. The van der Waals surface area contributed by atoms with Crippen LogP contribution in [0.4, 0.5) is 21.2 Å². The first-order valence-electron chi connectivity index (χ1n) is 7.57. The molecule has 3 aromatic heterocycles. The number of thiazole rings is 1. The fraction of sp³-hybridized carbons (Fsp3) is 0.176. The maximum Gasteiger partial charge on any atom is 0.418 e. The van der Waals surface area contributed by atoms with Crippen LogP contribution < -0.4 is 15.4 Å². The van der Waals surface area contributed by atoms with Crippen LogP contribution in [0.2, 0.25) is 0 Å². The van der Waals surface area contributed by atoms with Crippen molar-refractivity contribution in [3.63, 3.8) is 0 Å². The number of anilines is 3. The third-order valence-corrected chi connectivity index (χ3v) is 4.04. The first-order valence-corrected chi connectivity index (χ1v) is 8.39. The van der Waals surface area contributed by atoms with Crippen LogP contribution in [0.5, 0.6) is 5.88 Å². The van der Waals surface area contributed by atoms with Crippen molar-refractivity contribution in [3.05, 3.63) is 53.1 Å². The lowest BCUT2D eigenvalue weighted by Crippen LogP contribution is -2.17. The van der Waals surface area contributed by atoms with Gasteiger partial charge in [-0.15, -0.1) is 0 Å². The molecule has 0 spiro atoms. The molecule has 2 N–H and O–H groups in total. The molecule has 3 aromatic rings. The minimum Gasteiger partial charge on any atom is -0.388 e. The number of ether oxygens (including phenoxy) is 1. The van der Waals surface area contributed by atoms with Gasteiger partial charge in [0.05, 0.1) is 16.9 Å². The molecule has 0 saturated carbocycles. The predicted octanol–water partition coefficient (Wildman–Crippen LogP) is 4.21. The molecule has 0 saturated heterocycles. The summed E-state index contributed by atoms with van der Waals surface area (Å²) in [5.74, 6) is 0.229. The van der Waals surface area contributed by atoms with E-state index in [0.29, 0.717) is 10.7 Å². The van der Waals surface area contributed by atoms with Gasteiger partial charge in [-0.3, -0.25) is 15.3 Å². The van der Waals surface area contributed by atoms with E-state index in [4.69, 9.17) is 4.74 Å². The van der Waals surface area contributed by atoms with Crippen LogP contribution in [0.3, 0.4) is 0 Å². The Bertz CT molecular complexity index is 910. The average molecular weight is 355 g/mol. The number of amides is 1. The van der Waals surface area contributed by atoms with E-state index in [9.17, 15) is 4.79 Å². The van der Waals surface area contributed by atoms with Gasteiger partial charge < -0.3 is 10.1 Å². The summed E-state index contributed by atoms with van der Waals surface area (Å²) in [5.41, 5.74) is 3.25. The van der Waals surface area contributed by atoms with E-state index in [1.807, 2.05) is 26.8 Å². The van der Waals surface area contributed by atoms with Crippen LogP contribution in [-0.4, -0.2) is 21.0 Å². The van der Waals surface area contributed by atoms with Crippen LogP contribution in [0.15, 0.2) is 36.8 Å². The highest BCUT2D eigenvalue weighted by Crippen LogP contribution is 2.33. The minimum absolute atomic E-state index is 0.229. The highest BCUT2D eigenvalue weighted by atomic mass is 32.1. The van der Waals surface area contributed by atoms with E-state index < -0.39 is 6.09 Å². The number of hydrogen-bond acceptors (Lipinski definition) is 7. The fourth-order valence-corrected chi connectivity index (χ4v) is 2.93. The number of pyridine rings is 2. The zero-order chi connectivity index (χ0) is 17.8. The number of carbonyl (C=O) groups is 1. The molecule has 0 aliphatic heterocycles. The Morgan fingerprint density at radius 2 is 2.00 bits per heavy atom. The molecule has 0 fully saturated rings. The molecule has 0 aromatic carbocycles. The zero-order valence-electron chi connectivity index (χ0n) is 14.0. The standard InChI is InChI=1S/C17H17N5O2S/c1-10-6-14(9-18-8-10)21-16-15(20-12(3)25-16)24-17(23)22-13-4-5-19-11(2)7-13/h4-9,21H,1-3H3,(H,19,22,23). The summed E-state index contributed by atoms with van der Waals surface area (Å²) >= 11 is 1.40. The lowest BCUT2D eigenvalue weighted by Gasteiger charge is -2.08. The van der Waals surface area contributed by atoms with Crippen molar-refractivity contribution in [3.8, 4) is 5.88 Å². The number of aryl methyl sites for hydroxylation is 3. The predicted molar refractivity (Wildman–Crippen MR) is 97.7 cm³/mol. The minimum atomic E-state index is -0.610. The number of carbonyl (C=O) groups excluding carboxylic acids is 1. The fourth-order valence-electron chi connectivity index (χ4n) is 2.17. The monoisotopic (exact) mass is 355 g/mol. The first kappa shape index (κ1) is 16.8. The molecule has 128 valence electrons. The Kier molecular flexibility index (Phi) is 4.90. The van der Waals surface area contributed by atoms with Gasteiger partial charge in [-0.05, 0) is 44.5 Å². The number of nitrogens with one attached hydrogen (secondary N) is 2. The van der Waals surface area contributed by atoms with Crippen molar-refractivity contribution in [1.82, 2.24) is 15.0 Å². The van der Waals surface area contributed by atoms with Gasteiger partial charge in [0, 0.05) is 23.8 Å². The van der Waals surface area contributed by atoms with Crippen molar-refractivity contribution in [2.45, 2.75) is 20.8 Å².